The van der Waals surface area contributed by atoms with Crippen molar-refractivity contribution in [1.29, 1.82) is 5.26 Å². The Labute approximate surface area is 218 Å². The van der Waals surface area contributed by atoms with Gasteiger partial charge in [-0.1, -0.05) is 24.3 Å². The average molecular weight is 521 g/mol. The van der Waals surface area contributed by atoms with Crippen molar-refractivity contribution in [3.05, 3.63) is 100 Å². The zero-order valence-electron chi connectivity index (χ0n) is 20.1. The standard InChI is InChI=1S/C28H17F2N7O2/c29-17-8-9-20-22(12-17)36(14-32-20)27-33-23(16-6-4-15(13-31)5-7-16)24-26(35-27)37(28(38)34-24)21-10-11-39-25-18(21)2-1-3-19(25)30/h1-9,12,14,21H,10-11H2,(H,34,38)/t21-/m1/s1. The molecule has 1 aliphatic rings. The van der Waals surface area contributed by atoms with Crippen LogP contribution >= 0.6 is 0 Å². The van der Waals surface area contributed by atoms with Crippen LogP contribution in [-0.4, -0.2) is 35.7 Å². The molecule has 0 bridgehead atoms. The number of nitrogens with zero attached hydrogens (tertiary/aromatic N) is 6. The molecule has 1 atom stereocenters. The maximum Gasteiger partial charge on any atom is 0.328 e. The van der Waals surface area contributed by atoms with Crippen molar-refractivity contribution in [3.8, 4) is 29.0 Å². The smallest absolute Gasteiger partial charge is 0.328 e. The zero-order valence-corrected chi connectivity index (χ0v) is 20.1. The Hall–Kier alpha value is -5.37. The van der Waals surface area contributed by atoms with Crippen LogP contribution in [-0.2, 0) is 0 Å². The van der Waals surface area contributed by atoms with Crippen LogP contribution in [0.5, 0.6) is 5.75 Å². The number of ether oxygens (including phenoxy) is 1. The first kappa shape index (κ1) is 22.8. The number of H-pyrrole nitrogens is 1. The summed E-state index contributed by atoms with van der Waals surface area (Å²) in [4.78, 5) is 30.2. The molecule has 0 spiro atoms. The molecule has 0 saturated heterocycles. The normalized spacial score (nSPS) is 14.7. The van der Waals surface area contributed by atoms with E-state index in [1.807, 2.05) is 0 Å². The minimum atomic E-state index is -0.556. The molecule has 6 aromatic rings. The molecule has 1 aliphatic heterocycles. The molecule has 0 amide bonds. The minimum absolute atomic E-state index is 0.104. The first-order valence-electron chi connectivity index (χ1n) is 12.1. The molecule has 0 aliphatic carbocycles. The molecule has 0 unspecified atom stereocenters. The number of para-hydroxylation sites is 1. The van der Waals surface area contributed by atoms with Gasteiger partial charge in [0, 0.05) is 23.6 Å². The summed E-state index contributed by atoms with van der Waals surface area (Å²) in [6, 6.07) is 17.1. The van der Waals surface area contributed by atoms with E-state index in [4.69, 9.17) is 14.7 Å². The van der Waals surface area contributed by atoms with Gasteiger partial charge in [0.15, 0.2) is 17.2 Å². The highest BCUT2D eigenvalue weighted by Crippen LogP contribution is 2.38. The molecule has 4 heterocycles. The lowest BCUT2D eigenvalue weighted by Gasteiger charge is -2.26. The summed E-state index contributed by atoms with van der Waals surface area (Å²) in [6.07, 6.45) is 1.90. The van der Waals surface area contributed by atoms with Crippen LogP contribution < -0.4 is 10.4 Å². The van der Waals surface area contributed by atoms with E-state index in [0.717, 1.165) is 0 Å². The largest absolute Gasteiger partial charge is 0.490 e. The molecule has 0 radical (unpaired) electrons. The van der Waals surface area contributed by atoms with E-state index in [9.17, 15) is 18.8 Å². The van der Waals surface area contributed by atoms with E-state index in [1.54, 1.807) is 47.0 Å². The maximum absolute atomic E-state index is 14.6. The van der Waals surface area contributed by atoms with Gasteiger partial charge in [0.25, 0.3) is 0 Å². The van der Waals surface area contributed by atoms with Crippen LogP contribution in [0.1, 0.15) is 23.6 Å². The molecule has 3 aromatic heterocycles. The molecule has 0 fully saturated rings. The topological polar surface area (TPSA) is 114 Å². The molecular weight excluding hydrogens is 504 g/mol. The first-order chi connectivity index (χ1) is 19.0. The van der Waals surface area contributed by atoms with Gasteiger partial charge in [-0.2, -0.15) is 10.2 Å². The highest BCUT2D eigenvalue weighted by atomic mass is 19.1. The summed E-state index contributed by atoms with van der Waals surface area (Å²) in [6.45, 7) is 0.212. The van der Waals surface area contributed by atoms with E-state index < -0.39 is 23.4 Å². The third-order valence-corrected chi connectivity index (χ3v) is 6.88. The van der Waals surface area contributed by atoms with Crippen LogP contribution in [0, 0.1) is 23.0 Å². The summed E-state index contributed by atoms with van der Waals surface area (Å²) < 4.78 is 37.3. The monoisotopic (exact) mass is 521 g/mol. The molecule has 7 rings (SSSR count). The van der Waals surface area contributed by atoms with Gasteiger partial charge >= 0.3 is 5.69 Å². The van der Waals surface area contributed by atoms with Crippen LogP contribution in [0.3, 0.4) is 0 Å². The summed E-state index contributed by atoms with van der Waals surface area (Å²) in [7, 11) is 0. The van der Waals surface area contributed by atoms with E-state index in [1.165, 1.54) is 29.1 Å². The van der Waals surface area contributed by atoms with E-state index in [2.05, 4.69) is 16.0 Å². The number of nitriles is 1. The minimum Gasteiger partial charge on any atom is -0.490 e. The zero-order chi connectivity index (χ0) is 26.7. The molecule has 1 N–H and O–H groups in total. The third-order valence-electron chi connectivity index (χ3n) is 6.88. The van der Waals surface area contributed by atoms with Crippen molar-refractivity contribution in [2.24, 2.45) is 0 Å². The van der Waals surface area contributed by atoms with Crippen molar-refractivity contribution in [3.63, 3.8) is 0 Å². The van der Waals surface area contributed by atoms with Crippen molar-refractivity contribution >= 4 is 22.2 Å². The Bertz CT molecular complexity index is 2020. The highest BCUT2D eigenvalue weighted by Gasteiger charge is 2.30. The van der Waals surface area contributed by atoms with Crippen molar-refractivity contribution in [2.75, 3.05) is 6.61 Å². The Morgan fingerprint density at radius 3 is 2.74 bits per heavy atom. The number of hydrogen-bond donors (Lipinski definition) is 1. The van der Waals surface area contributed by atoms with Gasteiger partial charge < -0.3 is 9.72 Å². The molecular formula is C28H17F2N7O2. The number of halogens is 2. The number of aromatic nitrogens is 6. The number of nitrogens with one attached hydrogen (secondary N) is 1. The van der Waals surface area contributed by atoms with Gasteiger partial charge in [0.1, 0.15) is 23.4 Å². The number of rotatable bonds is 3. The number of benzene rings is 3. The number of aromatic amines is 1. The Morgan fingerprint density at radius 2 is 1.92 bits per heavy atom. The lowest BCUT2D eigenvalue weighted by molar-refractivity contribution is 0.244. The van der Waals surface area contributed by atoms with Crippen LogP contribution in [0.2, 0.25) is 0 Å². The number of hydrogen-bond acceptors (Lipinski definition) is 6. The SMILES string of the molecule is N#Cc1ccc(-c2nc(-n3cnc4ccc(F)cc43)nc3c2[nH]c(=O)n3[C@@H]2CCOc3c(F)cccc32)cc1. The second kappa shape index (κ2) is 8.59. The second-order valence-electron chi connectivity index (χ2n) is 9.12. The second-order valence-corrected chi connectivity index (χ2v) is 9.12. The molecule has 9 nitrogen and oxygen atoms in total. The maximum atomic E-state index is 14.6. The van der Waals surface area contributed by atoms with Crippen LogP contribution in [0.25, 0.3) is 39.4 Å². The lowest BCUT2D eigenvalue weighted by Crippen LogP contribution is -2.28. The van der Waals surface area contributed by atoms with Crippen LogP contribution in [0.15, 0.2) is 71.8 Å². The molecule has 190 valence electrons. The van der Waals surface area contributed by atoms with E-state index in [-0.39, 0.29) is 24.0 Å². The molecule has 3 aromatic carbocycles. The van der Waals surface area contributed by atoms with Gasteiger partial charge in [-0.05, 0) is 30.3 Å². The van der Waals surface area contributed by atoms with Gasteiger partial charge in [0.2, 0.25) is 5.95 Å². The molecule has 39 heavy (non-hydrogen) atoms. The predicted octanol–water partition coefficient (Wildman–Crippen LogP) is 4.65. The van der Waals surface area contributed by atoms with Crippen LogP contribution in [0.4, 0.5) is 8.78 Å². The van der Waals surface area contributed by atoms with Gasteiger partial charge in [-0.3, -0.25) is 9.13 Å². The highest BCUT2D eigenvalue weighted by molar-refractivity contribution is 5.88. The predicted molar refractivity (Wildman–Crippen MR) is 138 cm³/mol. The fraction of sp³-hybridized carbons (Fsp3) is 0.107. The summed E-state index contributed by atoms with van der Waals surface area (Å²) in [5.74, 6) is -0.690. The Morgan fingerprint density at radius 1 is 1.08 bits per heavy atom. The van der Waals surface area contributed by atoms with Crippen molar-refractivity contribution in [2.45, 2.75) is 12.5 Å². The van der Waals surface area contributed by atoms with Crippen molar-refractivity contribution in [1.82, 2.24) is 29.1 Å². The molecule has 0 saturated carbocycles. The van der Waals surface area contributed by atoms with Gasteiger partial charge in [-0.15, -0.1) is 0 Å². The van der Waals surface area contributed by atoms with Gasteiger partial charge in [0.05, 0.1) is 35.3 Å². The fourth-order valence-corrected chi connectivity index (χ4v) is 5.08. The summed E-state index contributed by atoms with van der Waals surface area (Å²) in [5.41, 5.74) is 3.22. The average Bonchev–Trinajstić information content (AvgIpc) is 3.52. The third kappa shape index (κ3) is 3.57. The van der Waals surface area contributed by atoms with Gasteiger partial charge in [-0.25, -0.2) is 23.5 Å². The number of imidazole rings is 2. The van der Waals surface area contributed by atoms with E-state index >= 15 is 0 Å². The van der Waals surface area contributed by atoms with Crippen molar-refractivity contribution < 1.29 is 13.5 Å². The first-order valence-corrected chi connectivity index (χ1v) is 12.1. The fourth-order valence-electron chi connectivity index (χ4n) is 5.08. The molecule has 11 heteroatoms. The Kier molecular flexibility index (Phi) is 5.02. The van der Waals surface area contributed by atoms with E-state index in [0.29, 0.717) is 45.4 Å². The number of fused-ring (bicyclic) bond motifs is 3. The Balaban J connectivity index is 1.53. The quantitative estimate of drug-likeness (QED) is 0.363. The lowest BCUT2D eigenvalue weighted by atomic mass is 10.00. The summed E-state index contributed by atoms with van der Waals surface area (Å²) in [5, 5.41) is 9.24. The summed E-state index contributed by atoms with van der Waals surface area (Å²) >= 11 is 0.